The fourth-order valence-electron chi connectivity index (χ4n) is 0.900. The lowest BCUT2D eigenvalue weighted by Crippen LogP contribution is -3.00. The molecule has 0 amide bonds. The summed E-state index contributed by atoms with van der Waals surface area (Å²) in [5.74, 6) is 0. The molecule has 0 aliphatic heterocycles. The SMILES string of the molecule is [Cl-].[Cl-].[NH3+]C(=S)C[NH2+]Cc1ccccn1. The predicted octanol–water partition coefficient (Wildman–Crippen LogP) is -7.28. The average molecular weight is 254 g/mol. The summed E-state index contributed by atoms with van der Waals surface area (Å²) < 4.78 is 0. The lowest BCUT2D eigenvalue weighted by Gasteiger charge is -1.96. The van der Waals surface area contributed by atoms with Crippen LogP contribution in [-0.4, -0.2) is 16.5 Å². The van der Waals surface area contributed by atoms with Gasteiger partial charge >= 0.3 is 0 Å². The van der Waals surface area contributed by atoms with Gasteiger partial charge in [-0.1, -0.05) is 6.07 Å². The minimum absolute atomic E-state index is 0. The van der Waals surface area contributed by atoms with Gasteiger partial charge in [0.05, 0.1) is 5.69 Å². The van der Waals surface area contributed by atoms with Crippen molar-refractivity contribution in [2.45, 2.75) is 6.54 Å². The van der Waals surface area contributed by atoms with Crippen LogP contribution >= 0.6 is 12.2 Å². The molecule has 1 aromatic rings. The molecule has 0 fully saturated rings. The van der Waals surface area contributed by atoms with Crippen LogP contribution in [0.2, 0.25) is 0 Å². The first kappa shape index (κ1) is 16.2. The van der Waals surface area contributed by atoms with Crippen LogP contribution < -0.4 is 35.9 Å². The van der Waals surface area contributed by atoms with Crippen LogP contribution in [0.5, 0.6) is 0 Å². The minimum Gasteiger partial charge on any atom is -1.00 e. The van der Waals surface area contributed by atoms with Crippen LogP contribution in [0.15, 0.2) is 24.4 Å². The van der Waals surface area contributed by atoms with E-state index in [0.29, 0.717) is 0 Å². The maximum atomic E-state index is 4.85. The van der Waals surface area contributed by atoms with Gasteiger partial charge in [-0.3, -0.25) is 4.98 Å². The first-order valence-corrected chi connectivity index (χ1v) is 4.26. The van der Waals surface area contributed by atoms with Gasteiger partial charge < -0.3 is 35.9 Å². The molecule has 0 radical (unpaired) electrons. The van der Waals surface area contributed by atoms with Crippen molar-refractivity contribution in [3.05, 3.63) is 30.1 Å². The molecule has 0 aromatic carbocycles. The molecule has 0 atom stereocenters. The van der Waals surface area contributed by atoms with Crippen LogP contribution in [0, 0.1) is 0 Å². The van der Waals surface area contributed by atoms with Gasteiger partial charge in [0.25, 0.3) is 0 Å². The fourth-order valence-corrected chi connectivity index (χ4v) is 1.02. The average Bonchev–Trinajstić information content (AvgIpc) is 2.05. The molecule has 0 unspecified atom stereocenters. The number of aromatic nitrogens is 1. The Kier molecular flexibility index (Phi) is 10.7. The molecule has 5 N–H and O–H groups in total. The van der Waals surface area contributed by atoms with E-state index >= 15 is 0 Å². The number of quaternary nitrogens is 2. The van der Waals surface area contributed by atoms with E-state index in [-0.39, 0.29) is 24.8 Å². The smallest absolute Gasteiger partial charge is 0.224 e. The van der Waals surface area contributed by atoms with E-state index in [9.17, 15) is 0 Å². The maximum absolute atomic E-state index is 4.85. The molecule has 0 spiro atoms. The van der Waals surface area contributed by atoms with E-state index in [2.05, 4.69) is 16.0 Å². The summed E-state index contributed by atoms with van der Waals surface area (Å²) in [7, 11) is 0. The lowest BCUT2D eigenvalue weighted by molar-refractivity contribution is -0.662. The second kappa shape index (κ2) is 9.30. The Morgan fingerprint density at radius 1 is 1.43 bits per heavy atom. The van der Waals surface area contributed by atoms with E-state index < -0.39 is 0 Å². The van der Waals surface area contributed by atoms with Gasteiger partial charge in [-0.2, -0.15) is 0 Å². The van der Waals surface area contributed by atoms with Crippen molar-refractivity contribution in [1.82, 2.24) is 4.98 Å². The molecule has 0 aliphatic rings. The van der Waals surface area contributed by atoms with Gasteiger partial charge in [0, 0.05) is 6.20 Å². The molecule has 1 aromatic heterocycles. The standard InChI is InChI=1S/C8H11N3S.2ClH/c9-8(12)6-10-5-7-3-1-2-4-11-7;;/h1-4,10H,5-6H2,(H2,9,12);2*1H. The summed E-state index contributed by atoms with van der Waals surface area (Å²) in [4.78, 5) is 4.96. The fraction of sp³-hybridized carbons (Fsp3) is 0.250. The third-order valence-corrected chi connectivity index (χ3v) is 1.62. The largest absolute Gasteiger partial charge is 1.00 e. The van der Waals surface area contributed by atoms with E-state index in [1.165, 1.54) is 0 Å². The zero-order chi connectivity index (χ0) is 8.81. The zero-order valence-corrected chi connectivity index (χ0v) is 9.95. The summed E-state index contributed by atoms with van der Waals surface area (Å²) in [6.45, 7) is 1.67. The van der Waals surface area contributed by atoms with Crippen molar-refractivity contribution in [3.63, 3.8) is 0 Å². The van der Waals surface area contributed by atoms with Crippen LogP contribution in [0.1, 0.15) is 5.69 Å². The summed E-state index contributed by atoms with van der Waals surface area (Å²) in [6.07, 6.45) is 1.80. The Morgan fingerprint density at radius 3 is 2.64 bits per heavy atom. The lowest BCUT2D eigenvalue weighted by atomic mass is 10.3. The first-order chi connectivity index (χ1) is 5.79. The van der Waals surface area contributed by atoms with E-state index in [0.717, 1.165) is 23.8 Å². The highest BCUT2D eigenvalue weighted by Gasteiger charge is 1.97. The number of hydrogen-bond donors (Lipinski definition) is 2. The molecule has 80 valence electrons. The predicted molar refractivity (Wildman–Crippen MR) is 50.2 cm³/mol. The maximum Gasteiger partial charge on any atom is 0.224 e. The molecule has 0 saturated heterocycles. The Hall–Kier alpha value is -0.260. The van der Waals surface area contributed by atoms with Gasteiger partial charge in [-0.05, 0) is 24.4 Å². The van der Waals surface area contributed by atoms with Crippen LogP contribution in [0.25, 0.3) is 0 Å². The molecule has 14 heavy (non-hydrogen) atoms. The highest BCUT2D eigenvalue weighted by molar-refractivity contribution is 7.79. The topological polar surface area (TPSA) is 57.1 Å². The second-order valence-electron chi connectivity index (χ2n) is 2.56. The van der Waals surface area contributed by atoms with E-state index in [1.54, 1.807) is 6.20 Å². The summed E-state index contributed by atoms with van der Waals surface area (Å²) in [6, 6.07) is 5.90. The molecule has 0 bridgehead atoms. The van der Waals surface area contributed by atoms with Gasteiger partial charge in [-0.25, -0.2) is 0 Å². The van der Waals surface area contributed by atoms with Gasteiger partial charge in [-0.15, -0.1) is 0 Å². The number of nitrogens with two attached hydrogens (primary N) is 1. The van der Waals surface area contributed by atoms with Crippen LogP contribution in [-0.2, 0) is 6.54 Å². The van der Waals surface area contributed by atoms with Crippen molar-refractivity contribution in [1.29, 1.82) is 0 Å². The Morgan fingerprint density at radius 2 is 2.14 bits per heavy atom. The quantitative estimate of drug-likeness (QED) is 0.525. The van der Waals surface area contributed by atoms with Gasteiger partial charge in [0.15, 0.2) is 6.54 Å². The number of nitrogens with zero attached hydrogens (tertiary/aromatic N) is 1. The number of halogens is 2. The molecule has 1 rings (SSSR count). The number of rotatable bonds is 4. The molecule has 3 nitrogen and oxygen atoms in total. The normalized spacial score (nSPS) is 8.36. The Labute approximate surface area is 101 Å². The highest BCUT2D eigenvalue weighted by Crippen LogP contribution is 1.88. The van der Waals surface area contributed by atoms with Crippen molar-refractivity contribution < 1.29 is 35.9 Å². The number of pyridine rings is 1. The molecular formula is C8H13Cl2N3S. The molecule has 6 heteroatoms. The summed E-state index contributed by atoms with van der Waals surface area (Å²) in [5, 5.41) is 2.09. The third kappa shape index (κ3) is 7.17. The van der Waals surface area contributed by atoms with Gasteiger partial charge in [0.2, 0.25) is 4.99 Å². The van der Waals surface area contributed by atoms with Crippen molar-refractivity contribution in [3.8, 4) is 0 Å². The minimum atomic E-state index is 0. The van der Waals surface area contributed by atoms with Crippen LogP contribution in [0.4, 0.5) is 0 Å². The monoisotopic (exact) mass is 253 g/mol. The third-order valence-electron chi connectivity index (χ3n) is 1.45. The highest BCUT2D eigenvalue weighted by atomic mass is 35.5. The van der Waals surface area contributed by atoms with Crippen molar-refractivity contribution >= 4 is 17.2 Å². The first-order valence-electron chi connectivity index (χ1n) is 3.85. The number of hydrogen-bond acceptors (Lipinski definition) is 2. The van der Waals surface area contributed by atoms with E-state index in [1.807, 2.05) is 18.2 Å². The number of thiocarbonyl (C=S) groups is 1. The molecular weight excluding hydrogens is 241 g/mol. The zero-order valence-electron chi connectivity index (χ0n) is 7.62. The summed E-state index contributed by atoms with van der Waals surface area (Å²) in [5.41, 5.74) is 4.73. The Balaban J connectivity index is 0. The molecule has 0 saturated carbocycles. The summed E-state index contributed by atoms with van der Waals surface area (Å²) >= 11 is 4.85. The van der Waals surface area contributed by atoms with Crippen LogP contribution in [0.3, 0.4) is 0 Å². The van der Waals surface area contributed by atoms with Crippen molar-refractivity contribution in [2.75, 3.05) is 6.54 Å². The molecule has 0 aliphatic carbocycles. The van der Waals surface area contributed by atoms with Gasteiger partial charge in [0.1, 0.15) is 6.54 Å². The second-order valence-corrected chi connectivity index (χ2v) is 3.13. The van der Waals surface area contributed by atoms with E-state index in [4.69, 9.17) is 12.2 Å². The molecule has 1 heterocycles. The Bertz CT molecular complexity index is 256. The van der Waals surface area contributed by atoms with Crippen molar-refractivity contribution in [2.24, 2.45) is 0 Å².